The highest BCUT2D eigenvalue weighted by atomic mass is 16.4. The second-order valence-electron chi connectivity index (χ2n) is 6.12. The number of carboxylic acids is 1. The van der Waals surface area contributed by atoms with Gasteiger partial charge in [0.2, 0.25) is 0 Å². The molecule has 0 heterocycles. The van der Waals surface area contributed by atoms with Crippen LogP contribution in [-0.4, -0.2) is 34.7 Å². The van der Waals surface area contributed by atoms with Crippen molar-refractivity contribution in [1.29, 1.82) is 0 Å². The molecule has 0 bridgehead atoms. The van der Waals surface area contributed by atoms with Crippen LogP contribution in [0.1, 0.15) is 47.4 Å². The van der Waals surface area contributed by atoms with E-state index in [1.54, 1.807) is 0 Å². The monoisotopic (exact) mass is 291 g/mol. The number of aliphatic hydroxyl groups is 1. The summed E-state index contributed by atoms with van der Waals surface area (Å²) >= 11 is 0. The maximum absolute atomic E-state index is 12.1. The molecule has 5 nitrogen and oxygen atoms in total. The number of carbonyl (C=O) groups is 2. The first-order valence-electron chi connectivity index (χ1n) is 7.15. The molecule has 0 saturated heterocycles. The summed E-state index contributed by atoms with van der Waals surface area (Å²) in [4.78, 5) is 22.8. The molecule has 1 saturated carbocycles. The van der Waals surface area contributed by atoms with Crippen LogP contribution in [0.2, 0.25) is 0 Å². The fourth-order valence-electron chi connectivity index (χ4n) is 2.57. The lowest BCUT2D eigenvalue weighted by Gasteiger charge is -2.25. The summed E-state index contributed by atoms with van der Waals surface area (Å²) in [5.74, 6) is -1.09. The lowest BCUT2D eigenvalue weighted by molar-refractivity contribution is 0.0490. The molecule has 0 spiro atoms. The second-order valence-corrected chi connectivity index (χ2v) is 6.12. The zero-order chi connectivity index (χ0) is 15.6. The van der Waals surface area contributed by atoms with E-state index in [-0.39, 0.29) is 22.8 Å². The topological polar surface area (TPSA) is 86.6 Å². The zero-order valence-corrected chi connectivity index (χ0v) is 12.3. The van der Waals surface area contributed by atoms with Gasteiger partial charge in [0.15, 0.2) is 0 Å². The predicted molar refractivity (Wildman–Crippen MR) is 78.2 cm³/mol. The van der Waals surface area contributed by atoms with Crippen LogP contribution in [0.5, 0.6) is 0 Å². The molecule has 1 aromatic rings. The Morgan fingerprint density at radius 1 is 1.19 bits per heavy atom. The Morgan fingerprint density at radius 3 is 2.14 bits per heavy atom. The molecule has 1 amide bonds. The first kappa shape index (κ1) is 15.5. The molecule has 1 atom stereocenters. The first-order chi connectivity index (χ1) is 9.85. The number of nitrogens with one attached hydrogen (secondary N) is 1. The third kappa shape index (κ3) is 3.42. The summed E-state index contributed by atoms with van der Waals surface area (Å²) in [6, 6.07) is 5.81. The Morgan fingerprint density at radius 2 is 1.71 bits per heavy atom. The van der Waals surface area contributed by atoms with E-state index < -0.39 is 12.1 Å². The number of aromatic carboxylic acids is 1. The maximum Gasteiger partial charge on any atom is 0.335 e. The van der Waals surface area contributed by atoms with Gasteiger partial charge in [0.25, 0.3) is 5.91 Å². The third-order valence-corrected chi connectivity index (χ3v) is 4.15. The van der Waals surface area contributed by atoms with E-state index in [2.05, 4.69) is 5.32 Å². The summed E-state index contributed by atoms with van der Waals surface area (Å²) in [7, 11) is 0. The number of rotatable bonds is 6. The Balaban J connectivity index is 1.95. The van der Waals surface area contributed by atoms with Gasteiger partial charge in [-0.25, -0.2) is 4.79 Å². The Bertz CT molecular complexity index is 532. The number of hydrogen-bond acceptors (Lipinski definition) is 3. The van der Waals surface area contributed by atoms with E-state index in [9.17, 15) is 14.7 Å². The molecule has 0 aromatic heterocycles. The van der Waals surface area contributed by atoms with E-state index in [0.717, 1.165) is 12.8 Å². The maximum atomic E-state index is 12.1. The van der Waals surface area contributed by atoms with E-state index in [4.69, 9.17) is 5.11 Å². The molecule has 1 aliphatic carbocycles. The zero-order valence-electron chi connectivity index (χ0n) is 12.3. The van der Waals surface area contributed by atoms with Crippen LogP contribution in [0.15, 0.2) is 24.3 Å². The fraction of sp³-hybridized carbons (Fsp3) is 0.500. The molecule has 5 heteroatoms. The SMILES string of the molecule is CC(C)C(O)C1(CNC(=O)c2ccc(C(=O)O)cc2)CC1. The van der Waals surface area contributed by atoms with Gasteiger partial charge >= 0.3 is 5.97 Å². The molecule has 2 rings (SSSR count). The fourth-order valence-corrected chi connectivity index (χ4v) is 2.57. The van der Waals surface area contributed by atoms with Crippen molar-refractivity contribution in [2.75, 3.05) is 6.54 Å². The van der Waals surface area contributed by atoms with E-state index >= 15 is 0 Å². The van der Waals surface area contributed by atoms with Gasteiger partial charge in [-0.05, 0) is 43.0 Å². The molecule has 114 valence electrons. The van der Waals surface area contributed by atoms with Crippen molar-refractivity contribution < 1.29 is 19.8 Å². The van der Waals surface area contributed by atoms with Gasteiger partial charge in [-0.2, -0.15) is 0 Å². The van der Waals surface area contributed by atoms with Crippen LogP contribution in [0.4, 0.5) is 0 Å². The normalized spacial score (nSPS) is 17.3. The van der Waals surface area contributed by atoms with Gasteiger partial charge in [0.1, 0.15) is 0 Å². The van der Waals surface area contributed by atoms with E-state index in [1.165, 1.54) is 24.3 Å². The van der Waals surface area contributed by atoms with Crippen molar-refractivity contribution in [3.05, 3.63) is 35.4 Å². The lowest BCUT2D eigenvalue weighted by Crippen LogP contribution is -2.38. The molecule has 1 aliphatic rings. The number of hydrogen-bond donors (Lipinski definition) is 3. The van der Waals surface area contributed by atoms with Gasteiger partial charge < -0.3 is 15.5 Å². The van der Waals surface area contributed by atoms with Crippen LogP contribution in [0.25, 0.3) is 0 Å². The Kier molecular flexibility index (Phi) is 4.32. The summed E-state index contributed by atoms with van der Waals surface area (Å²) in [5.41, 5.74) is 0.389. The number of benzene rings is 1. The van der Waals surface area contributed by atoms with Gasteiger partial charge in [0.05, 0.1) is 11.7 Å². The van der Waals surface area contributed by atoms with Crippen LogP contribution in [-0.2, 0) is 0 Å². The van der Waals surface area contributed by atoms with Crippen molar-refractivity contribution in [2.45, 2.75) is 32.8 Å². The van der Waals surface area contributed by atoms with Crippen LogP contribution < -0.4 is 5.32 Å². The van der Waals surface area contributed by atoms with Crippen LogP contribution in [0, 0.1) is 11.3 Å². The molecule has 0 radical (unpaired) electrons. The standard InChI is InChI=1S/C16H21NO4/c1-10(2)13(18)16(7-8-16)9-17-14(19)11-3-5-12(6-4-11)15(20)21/h3-6,10,13,18H,7-9H2,1-2H3,(H,17,19)(H,20,21). The van der Waals surface area contributed by atoms with Gasteiger partial charge in [-0.15, -0.1) is 0 Å². The van der Waals surface area contributed by atoms with Crippen molar-refractivity contribution in [3.8, 4) is 0 Å². The highest BCUT2D eigenvalue weighted by Gasteiger charge is 2.49. The first-order valence-corrected chi connectivity index (χ1v) is 7.15. The number of amides is 1. The minimum Gasteiger partial charge on any atom is -0.478 e. The van der Waals surface area contributed by atoms with E-state index in [0.29, 0.717) is 12.1 Å². The summed E-state index contributed by atoms with van der Waals surface area (Å²) in [5, 5.41) is 21.8. The van der Waals surface area contributed by atoms with Crippen molar-refractivity contribution in [1.82, 2.24) is 5.32 Å². The minimum atomic E-state index is -1.01. The lowest BCUT2D eigenvalue weighted by atomic mass is 9.90. The number of carbonyl (C=O) groups excluding carboxylic acids is 1. The molecular formula is C16H21NO4. The smallest absolute Gasteiger partial charge is 0.335 e. The molecule has 1 unspecified atom stereocenters. The van der Waals surface area contributed by atoms with E-state index in [1.807, 2.05) is 13.8 Å². The minimum absolute atomic E-state index is 0.153. The number of aliphatic hydroxyl groups excluding tert-OH is 1. The van der Waals surface area contributed by atoms with Crippen molar-refractivity contribution in [2.24, 2.45) is 11.3 Å². The van der Waals surface area contributed by atoms with Gasteiger partial charge in [-0.3, -0.25) is 4.79 Å². The van der Waals surface area contributed by atoms with Gasteiger partial charge in [0, 0.05) is 17.5 Å². The molecule has 0 aliphatic heterocycles. The quantitative estimate of drug-likeness (QED) is 0.747. The molecule has 1 aromatic carbocycles. The second kappa shape index (κ2) is 5.85. The summed E-state index contributed by atoms with van der Waals surface area (Å²) in [6.45, 7) is 4.39. The summed E-state index contributed by atoms with van der Waals surface area (Å²) in [6.07, 6.45) is 1.43. The largest absolute Gasteiger partial charge is 0.478 e. The summed E-state index contributed by atoms with van der Waals surface area (Å²) < 4.78 is 0. The molecule has 1 fully saturated rings. The molecular weight excluding hydrogens is 270 g/mol. The molecule has 3 N–H and O–H groups in total. The van der Waals surface area contributed by atoms with Gasteiger partial charge in [-0.1, -0.05) is 13.8 Å². The Hall–Kier alpha value is -1.88. The van der Waals surface area contributed by atoms with Crippen LogP contribution in [0.3, 0.4) is 0 Å². The predicted octanol–water partition coefficient (Wildman–Crippen LogP) is 1.91. The average molecular weight is 291 g/mol. The van der Waals surface area contributed by atoms with Crippen molar-refractivity contribution >= 4 is 11.9 Å². The highest BCUT2D eigenvalue weighted by molar-refractivity contribution is 5.95. The van der Waals surface area contributed by atoms with Crippen molar-refractivity contribution in [3.63, 3.8) is 0 Å². The number of carboxylic acid groups (broad SMARTS) is 1. The average Bonchev–Trinajstić information content (AvgIpc) is 3.25. The Labute approximate surface area is 124 Å². The third-order valence-electron chi connectivity index (χ3n) is 4.15. The van der Waals surface area contributed by atoms with Crippen LogP contribution >= 0.6 is 0 Å². The highest BCUT2D eigenvalue weighted by Crippen LogP contribution is 2.50. The molecule has 21 heavy (non-hydrogen) atoms.